The lowest BCUT2D eigenvalue weighted by Crippen LogP contribution is -2.61. The third-order valence-electron chi connectivity index (χ3n) is 5.96. The number of hydrogen-bond acceptors (Lipinski definition) is 6. The number of halogens is 4. The Morgan fingerprint density at radius 1 is 1.24 bits per heavy atom. The lowest BCUT2D eigenvalue weighted by atomic mass is 9.91. The molecule has 3 unspecified atom stereocenters. The van der Waals surface area contributed by atoms with E-state index in [1.807, 2.05) is 0 Å². The number of rotatable bonds is 3. The molecule has 3 aliphatic heterocycles. The summed E-state index contributed by atoms with van der Waals surface area (Å²) in [6.45, 7) is 3.13. The molecule has 2 saturated heterocycles. The second kappa shape index (κ2) is 8.14. The topological polar surface area (TPSA) is 85.6 Å². The highest BCUT2D eigenvalue weighted by molar-refractivity contribution is 6.31. The Bertz CT molecular complexity index is 780. The molecule has 1 aromatic rings. The van der Waals surface area contributed by atoms with Crippen LogP contribution in [0.25, 0.3) is 0 Å². The molecule has 0 spiro atoms. The van der Waals surface area contributed by atoms with E-state index in [4.69, 9.17) is 17.3 Å². The van der Waals surface area contributed by atoms with Crippen LogP contribution in [0.3, 0.4) is 0 Å². The lowest BCUT2D eigenvalue weighted by molar-refractivity contribution is -0.137. The van der Waals surface area contributed by atoms with Gasteiger partial charge in [0.2, 0.25) is 0 Å². The zero-order valence-corrected chi connectivity index (χ0v) is 16.5. The fraction of sp³-hybridized carbons (Fsp3) is 0.579. The number of nitrogens with two attached hydrogens (primary N) is 1. The molecule has 0 aromatic heterocycles. The van der Waals surface area contributed by atoms with E-state index in [1.54, 1.807) is 6.07 Å². The number of aliphatic hydroxyl groups excluding tert-OH is 1. The number of nitrogens with zero attached hydrogens (tertiary/aromatic N) is 1. The van der Waals surface area contributed by atoms with Crippen LogP contribution in [0.5, 0.6) is 0 Å². The number of alkyl halides is 3. The van der Waals surface area contributed by atoms with E-state index in [2.05, 4.69) is 26.9 Å². The minimum absolute atomic E-state index is 0.119. The van der Waals surface area contributed by atoms with E-state index < -0.39 is 24.0 Å². The Kier molecular flexibility index (Phi) is 5.91. The van der Waals surface area contributed by atoms with Crippen LogP contribution in [0.2, 0.25) is 5.02 Å². The first kappa shape index (κ1) is 21.0. The van der Waals surface area contributed by atoms with Crippen LogP contribution < -0.4 is 21.7 Å². The quantitative estimate of drug-likeness (QED) is 0.460. The van der Waals surface area contributed by atoms with Gasteiger partial charge in [-0.05, 0) is 17.7 Å². The molecule has 0 saturated carbocycles. The molecule has 0 amide bonds. The summed E-state index contributed by atoms with van der Waals surface area (Å²) >= 11 is 5.77. The predicted molar refractivity (Wildman–Crippen MR) is 104 cm³/mol. The van der Waals surface area contributed by atoms with Crippen molar-refractivity contribution in [1.29, 1.82) is 0 Å². The molecule has 0 radical (unpaired) electrons. The molecule has 3 aliphatic rings. The Hall–Kier alpha value is -1.20. The Labute approximate surface area is 172 Å². The second-order valence-electron chi connectivity index (χ2n) is 7.89. The highest BCUT2D eigenvalue weighted by atomic mass is 35.5. The van der Waals surface area contributed by atoms with Gasteiger partial charge in [0, 0.05) is 44.7 Å². The highest BCUT2D eigenvalue weighted by Crippen LogP contribution is 2.37. The normalized spacial score (nSPS) is 33.9. The SMILES string of the molecule is N[C@H]1CN(C2NC(c3ccc(Cl)c(C(F)(F)F)c3)NCC2C2=CCNC2)C[C@@H]1O. The minimum Gasteiger partial charge on any atom is -0.390 e. The van der Waals surface area contributed by atoms with Crippen molar-refractivity contribution in [2.24, 2.45) is 11.7 Å². The molecule has 6 nitrogen and oxygen atoms in total. The predicted octanol–water partition coefficient (Wildman–Crippen LogP) is 1.03. The fourth-order valence-electron chi connectivity index (χ4n) is 4.39. The van der Waals surface area contributed by atoms with E-state index in [-0.39, 0.29) is 23.1 Å². The van der Waals surface area contributed by atoms with E-state index in [0.29, 0.717) is 25.2 Å². The van der Waals surface area contributed by atoms with Gasteiger partial charge in [0.15, 0.2) is 0 Å². The molecular weight excluding hydrogens is 407 g/mol. The summed E-state index contributed by atoms with van der Waals surface area (Å²) in [7, 11) is 0. The van der Waals surface area contributed by atoms with E-state index in [1.165, 1.54) is 11.6 Å². The molecule has 0 aliphatic carbocycles. The second-order valence-corrected chi connectivity index (χ2v) is 8.30. The van der Waals surface area contributed by atoms with Crippen LogP contribution in [0.1, 0.15) is 17.3 Å². The van der Waals surface area contributed by atoms with Crippen molar-refractivity contribution < 1.29 is 18.3 Å². The Morgan fingerprint density at radius 3 is 2.66 bits per heavy atom. The summed E-state index contributed by atoms with van der Waals surface area (Å²) in [5.41, 5.74) is 6.87. The standard InChI is InChI=1S/C19H25ClF3N5O/c20-14-2-1-10(5-13(14)19(21,22)23)17-26-7-12(11-3-4-25-6-11)18(27-17)28-8-15(24)16(29)9-28/h1-3,5,12,15-18,25-27,29H,4,6-9,24H2/t12?,15-,16-,17?,18?/m0/s1. The average molecular weight is 432 g/mol. The molecule has 3 heterocycles. The summed E-state index contributed by atoms with van der Waals surface area (Å²) in [5, 5.41) is 19.9. The van der Waals surface area contributed by atoms with Gasteiger partial charge >= 0.3 is 6.18 Å². The van der Waals surface area contributed by atoms with Crippen molar-refractivity contribution in [3.05, 3.63) is 46.0 Å². The molecule has 29 heavy (non-hydrogen) atoms. The van der Waals surface area contributed by atoms with E-state index in [0.717, 1.165) is 19.2 Å². The van der Waals surface area contributed by atoms with Gasteiger partial charge in [0.05, 0.1) is 29.0 Å². The Balaban J connectivity index is 1.60. The van der Waals surface area contributed by atoms with Crippen LogP contribution in [0, 0.1) is 5.92 Å². The lowest BCUT2D eigenvalue weighted by Gasteiger charge is -2.43. The number of benzene rings is 1. The maximum atomic E-state index is 13.3. The van der Waals surface area contributed by atoms with Crippen LogP contribution in [-0.2, 0) is 6.18 Å². The first-order chi connectivity index (χ1) is 13.7. The van der Waals surface area contributed by atoms with Crippen molar-refractivity contribution >= 4 is 11.6 Å². The smallest absolute Gasteiger partial charge is 0.390 e. The summed E-state index contributed by atoms with van der Waals surface area (Å²) in [6, 6.07) is 3.63. The highest BCUT2D eigenvalue weighted by Gasteiger charge is 2.42. The average Bonchev–Trinajstić information content (AvgIpc) is 3.31. The molecule has 4 rings (SSSR count). The molecular formula is C19H25ClF3N5O. The molecule has 10 heteroatoms. The molecule has 0 bridgehead atoms. The molecule has 1 aromatic carbocycles. The fourth-order valence-corrected chi connectivity index (χ4v) is 4.62. The number of likely N-dealkylation sites (tertiary alicyclic amines) is 1. The first-order valence-corrected chi connectivity index (χ1v) is 10.1. The maximum Gasteiger partial charge on any atom is 0.417 e. The summed E-state index contributed by atoms with van der Waals surface area (Å²) < 4.78 is 39.8. The van der Waals surface area contributed by atoms with E-state index in [9.17, 15) is 18.3 Å². The zero-order valence-electron chi connectivity index (χ0n) is 15.7. The van der Waals surface area contributed by atoms with Crippen molar-refractivity contribution in [2.45, 2.75) is 30.7 Å². The van der Waals surface area contributed by atoms with Crippen molar-refractivity contribution in [3.63, 3.8) is 0 Å². The molecule has 160 valence electrons. The minimum atomic E-state index is -4.52. The number of hydrogen-bond donors (Lipinski definition) is 5. The summed E-state index contributed by atoms with van der Waals surface area (Å²) in [5.74, 6) is 0.119. The maximum absolute atomic E-state index is 13.3. The number of nitrogens with one attached hydrogen (secondary N) is 3. The van der Waals surface area contributed by atoms with Gasteiger partial charge in [-0.3, -0.25) is 15.5 Å². The summed E-state index contributed by atoms with van der Waals surface area (Å²) in [6.07, 6.45) is -3.61. The monoisotopic (exact) mass is 431 g/mol. The van der Waals surface area contributed by atoms with Crippen LogP contribution in [-0.4, -0.2) is 61.0 Å². The number of β-amino-alcohol motifs (C(OH)–C–C–N with tert-alkyl or cyclic N) is 1. The van der Waals surface area contributed by atoms with Crippen molar-refractivity contribution in [3.8, 4) is 0 Å². The van der Waals surface area contributed by atoms with Gasteiger partial charge < -0.3 is 16.2 Å². The van der Waals surface area contributed by atoms with Gasteiger partial charge in [0.25, 0.3) is 0 Å². The third kappa shape index (κ3) is 4.32. The van der Waals surface area contributed by atoms with E-state index >= 15 is 0 Å². The van der Waals surface area contributed by atoms with Gasteiger partial charge in [-0.1, -0.05) is 29.3 Å². The zero-order chi connectivity index (χ0) is 20.8. The first-order valence-electron chi connectivity index (χ1n) is 9.67. The van der Waals surface area contributed by atoms with Crippen LogP contribution >= 0.6 is 11.6 Å². The van der Waals surface area contributed by atoms with Gasteiger partial charge in [-0.15, -0.1) is 0 Å². The molecule has 5 atom stereocenters. The van der Waals surface area contributed by atoms with Gasteiger partial charge in [-0.25, -0.2) is 0 Å². The molecule has 2 fully saturated rings. The third-order valence-corrected chi connectivity index (χ3v) is 6.29. The largest absolute Gasteiger partial charge is 0.417 e. The van der Waals surface area contributed by atoms with Crippen molar-refractivity contribution in [1.82, 2.24) is 20.9 Å². The summed E-state index contributed by atoms with van der Waals surface area (Å²) in [4.78, 5) is 2.09. The van der Waals surface area contributed by atoms with Crippen molar-refractivity contribution in [2.75, 3.05) is 32.7 Å². The van der Waals surface area contributed by atoms with Crippen LogP contribution in [0.15, 0.2) is 29.8 Å². The molecule has 6 N–H and O–H groups in total. The number of aliphatic hydroxyl groups is 1. The van der Waals surface area contributed by atoms with Crippen LogP contribution in [0.4, 0.5) is 13.2 Å². The Morgan fingerprint density at radius 2 is 2.03 bits per heavy atom. The van der Waals surface area contributed by atoms with Gasteiger partial charge in [0.1, 0.15) is 0 Å². The van der Waals surface area contributed by atoms with Gasteiger partial charge in [-0.2, -0.15) is 13.2 Å².